The van der Waals surface area contributed by atoms with E-state index in [0.717, 1.165) is 47.4 Å². The van der Waals surface area contributed by atoms with Crippen molar-refractivity contribution in [3.8, 4) is 0 Å². The zero-order valence-corrected chi connectivity index (χ0v) is 16.9. The Morgan fingerprint density at radius 1 is 1.04 bits per heavy atom. The van der Waals surface area contributed by atoms with E-state index in [1.54, 1.807) is 0 Å². The number of nitrogens with zero attached hydrogens (tertiary/aromatic N) is 1. The topological polar surface area (TPSA) is 71.3 Å². The fraction of sp³-hybridized carbons (Fsp3) is 0.333. The third-order valence-corrected chi connectivity index (χ3v) is 6.82. The van der Waals surface area contributed by atoms with Crippen molar-refractivity contribution >= 4 is 30.3 Å². The molecule has 0 unspecified atom stereocenters. The molecule has 27 heavy (non-hydrogen) atoms. The number of carbonyl (C=O) groups excluding carboxylic acids is 1. The molecule has 0 bridgehead atoms. The van der Waals surface area contributed by atoms with E-state index in [0.29, 0.717) is 12.1 Å². The number of amides is 1. The molecule has 0 fully saturated rings. The number of aliphatic hydroxyl groups excluding tert-OH is 1. The van der Waals surface area contributed by atoms with Crippen molar-refractivity contribution in [3.63, 3.8) is 0 Å². The summed E-state index contributed by atoms with van der Waals surface area (Å²) < 4.78 is 3.01. The molecule has 0 aliphatic carbocycles. The van der Waals surface area contributed by atoms with Crippen molar-refractivity contribution < 1.29 is 9.90 Å². The van der Waals surface area contributed by atoms with Crippen LogP contribution in [0.2, 0.25) is 0 Å². The second kappa shape index (κ2) is 9.70. The Morgan fingerprint density at radius 2 is 1.81 bits per heavy atom. The molecule has 6 heteroatoms. The molecule has 5 nitrogen and oxygen atoms in total. The van der Waals surface area contributed by atoms with E-state index in [9.17, 15) is 14.7 Å². The first-order valence-electron chi connectivity index (χ1n) is 9.26. The van der Waals surface area contributed by atoms with Crippen molar-refractivity contribution in [1.82, 2.24) is 8.88 Å². The van der Waals surface area contributed by atoms with Crippen LogP contribution in [0.1, 0.15) is 41.6 Å². The number of aryl methyl sites for hydroxylation is 1. The molecule has 2 N–H and O–H groups in total. The number of aromatic nitrogens is 1. The van der Waals surface area contributed by atoms with Gasteiger partial charge in [-0.1, -0.05) is 6.07 Å². The van der Waals surface area contributed by atoms with Gasteiger partial charge in [-0.3, -0.25) is 0 Å². The maximum absolute atomic E-state index is 12.4. The van der Waals surface area contributed by atoms with Crippen LogP contribution < -0.4 is 10.9 Å². The van der Waals surface area contributed by atoms with Crippen LogP contribution in [0.5, 0.6) is 0 Å². The van der Waals surface area contributed by atoms with E-state index in [4.69, 9.17) is 0 Å². The van der Waals surface area contributed by atoms with Gasteiger partial charge in [0.1, 0.15) is 0 Å². The number of nitrogens with one attached hydrogen (secondary N) is 1. The Balaban J connectivity index is 1.38. The van der Waals surface area contributed by atoms with Crippen molar-refractivity contribution in [2.24, 2.45) is 0 Å². The van der Waals surface area contributed by atoms with Crippen molar-refractivity contribution in [2.75, 3.05) is 6.54 Å². The number of unbranched alkanes of at least 4 members (excludes halogenated alkanes) is 3. The first kappa shape index (κ1) is 19.6. The van der Waals surface area contributed by atoms with E-state index < -0.39 is 0 Å². The predicted molar refractivity (Wildman–Crippen MR) is 108 cm³/mol. The molecule has 0 aliphatic rings. The number of fused-ring (bicyclic) bond motifs is 1. The first-order chi connectivity index (χ1) is 13.2. The standard InChI is InChI=1S/C21H24N2O3Se/c24-15-16-10-11-18-19(14-16)27-23(21(18)26)13-7-2-1-6-12-22-20(25)17-8-4-3-5-9-17/h3-5,8-11,14,24H,1-2,6-7,12-13,15H2,(H,22,25). The van der Waals surface area contributed by atoms with Crippen molar-refractivity contribution in [1.29, 1.82) is 0 Å². The molecule has 0 spiro atoms. The fourth-order valence-corrected chi connectivity index (χ4v) is 5.29. The van der Waals surface area contributed by atoms with E-state index in [1.165, 1.54) is 0 Å². The summed E-state index contributed by atoms with van der Waals surface area (Å²) in [4.78, 5) is 24.3. The Labute approximate surface area is 164 Å². The summed E-state index contributed by atoms with van der Waals surface area (Å²) in [6.45, 7) is 1.46. The minimum absolute atomic E-state index is 0.0123. The first-order valence-corrected chi connectivity index (χ1v) is 10.9. The molecular weight excluding hydrogens is 407 g/mol. The van der Waals surface area contributed by atoms with Crippen LogP contribution in [0.15, 0.2) is 53.3 Å². The Bertz CT molecular complexity index is 947. The van der Waals surface area contributed by atoms with Crippen LogP contribution in [-0.4, -0.2) is 35.9 Å². The summed E-state index contributed by atoms with van der Waals surface area (Å²) in [5, 5.41) is 13.0. The number of rotatable bonds is 9. The number of hydrogen-bond acceptors (Lipinski definition) is 3. The van der Waals surface area contributed by atoms with Gasteiger partial charge in [0.25, 0.3) is 0 Å². The van der Waals surface area contributed by atoms with Gasteiger partial charge in [-0.25, -0.2) is 0 Å². The second-order valence-corrected chi connectivity index (χ2v) is 8.75. The molecule has 1 aromatic heterocycles. The number of carbonyl (C=O) groups is 1. The summed E-state index contributed by atoms with van der Waals surface area (Å²) >= 11 is 0.0151. The van der Waals surface area contributed by atoms with Crippen LogP contribution in [0.25, 0.3) is 9.65 Å². The van der Waals surface area contributed by atoms with E-state index >= 15 is 0 Å². The Morgan fingerprint density at radius 3 is 2.59 bits per heavy atom. The van der Waals surface area contributed by atoms with E-state index in [-0.39, 0.29) is 32.8 Å². The van der Waals surface area contributed by atoms with Gasteiger partial charge in [0.05, 0.1) is 0 Å². The summed E-state index contributed by atoms with van der Waals surface area (Å²) in [5.41, 5.74) is 1.67. The van der Waals surface area contributed by atoms with Crippen LogP contribution in [-0.2, 0) is 13.2 Å². The summed E-state index contributed by atoms with van der Waals surface area (Å²) in [6, 6.07) is 14.8. The van der Waals surface area contributed by atoms with Gasteiger partial charge in [-0.05, 0) is 0 Å². The van der Waals surface area contributed by atoms with Crippen LogP contribution in [0, 0.1) is 0 Å². The van der Waals surface area contributed by atoms with Gasteiger partial charge in [-0.2, -0.15) is 0 Å². The van der Waals surface area contributed by atoms with Gasteiger partial charge < -0.3 is 0 Å². The van der Waals surface area contributed by atoms with Gasteiger partial charge in [-0.15, -0.1) is 0 Å². The third-order valence-electron chi connectivity index (χ3n) is 4.50. The molecule has 142 valence electrons. The molecule has 0 aliphatic heterocycles. The van der Waals surface area contributed by atoms with Gasteiger partial charge in [0.2, 0.25) is 0 Å². The Kier molecular flexibility index (Phi) is 7.04. The van der Waals surface area contributed by atoms with Gasteiger partial charge >= 0.3 is 158 Å². The number of aliphatic hydroxyl groups is 1. The molecule has 3 aromatic rings. The average molecular weight is 431 g/mol. The van der Waals surface area contributed by atoms with Crippen LogP contribution in [0.3, 0.4) is 0 Å². The molecule has 0 saturated carbocycles. The zero-order valence-electron chi connectivity index (χ0n) is 15.2. The second-order valence-electron chi connectivity index (χ2n) is 6.52. The van der Waals surface area contributed by atoms with Crippen LogP contribution in [0.4, 0.5) is 0 Å². The SMILES string of the molecule is O=C(NCCCCCCn1[se]c2cc(CO)ccc2c1=O)c1ccccc1. The van der Waals surface area contributed by atoms with E-state index in [1.807, 2.05) is 52.1 Å². The molecule has 0 saturated heterocycles. The minimum atomic E-state index is -0.0269. The molecular formula is C21H24N2O3Se. The monoisotopic (exact) mass is 432 g/mol. The Hall–Kier alpha value is -2.14. The van der Waals surface area contributed by atoms with E-state index in [2.05, 4.69) is 5.32 Å². The average Bonchev–Trinajstić information content (AvgIpc) is 3.02. The number of hydrogen-bond donors (Lipinski definition) is 2. The summed E-state index contributed by atoms with van der Waals surface area (Å²) in [5.74, 6) is -0.0269. The quantitative estimate of drug-likeness (QED) is 0.404. The van der Waals surface area contributed by atoms with Crippen molar-refractivity contribution in [2.45, 2.75) is 38.8 Å². The number of benzene rings is 2. The molecule has 1 heterocycles. The summed E-state index contributed by atoms with van der Waals surface area (Å²) in [7, 11) is 0. The zero-order chi connectivity index (χ0) is 19.1. The molecule has 2 aromatic carbocycles. The molecule has 0 radical (unpaired) electrons. The molecule has 1 amide bonds. The fourth-order valence-electron chi connectivity index (χ4n) is 2.99. The normalized spacial score (nSPS) is 11.0. The predicted octanol–water partition coefficient (Wildman–Crippen LogP) is 2.54. The third kappa shape index (κ3) is 5.19. The molecule has 3 rings (SSSR count). The van der Waals surface area contributed by atoms with Crippen molar-refractivity contribution in [3.05, 3.63) is 70.0 Å². The molecule has 0 atom stereocenters. The summed E-state index contributed by atoms with van der Waals surface area (Å²) in [6.07, 6.45) is 3.99. The maximum atomic E-state index is 12.4. The van der Waals surface area contributed by atoms with Crippen LogP contribution >= 0.6 is 0 Å². The van der Waals surface area contributed by atoms with Gasteiger partial charge in [0, 0.05) is 0 Å². The van der Waals surface area contributed by atoms with Gasteiger partial charge in [0.15, 0.2) is 0 Å².